The van der Waals surface area contributed by atoms with E-state index in [4.69, 9.17) is 4.74 Å². The van der Waals surface area contributed by atoms with Crippen LogP contribution in [0.25, 0.3) is 5.57 Å². The van der Waals surface area contributed by atoms with Crippen LogP contribution in [0, 0.1) is 0 Å². The largest absolute Gasteiger partial charge is 0.494 e. The molecule has 0 bridgehead atoms. The Morgan fingerprint density at radius 3 is 2.09 bits per heavy atom. The Labute approximate surface area is 190 Å². The molecule has 168 valence electrons. The van der Waals surface area contributed by atoms with Gasteiger partial charge >= 0.3 is 0 Å². The van der Waals surface area contributed by atoms with Crippen molar-refractivity contribution in [2.24, 2.45) is 0 Å². The van der Waals surface area contributed by atoms with Crippen LogP contribution in [0.5, 0.6) is 5.75 Å². The second-order valence-corrected chi connectivity index (χ2v) is 8.35. The van der Waals surface area contributed by atoms with Crippen LogP contribution in [-0.2, 0) is 16.0 Å². The molecule has 0 saturated carbocycles. The zero-order valence-corrected chi connectivity index (χ0v) is 19.1. The van der Waals surface area contributed by atoms with Crippen LogP contribution in [0.15, 0.2) is 54.2 Å². The SMILES string of the molecule is CCCOc1ccc(C2=C(N3CCN(C)CC3)C(=O)N(c3ccc(CC)cc3)C2=O)cc1. The lowest BCUT2D eigenvalue weighted by Gasteiger charge is -2.34. The highest BCUT2D eigenvalue weighted by atomic mass is 16.5. The zero-order valence-electron chi connectivity index (χ0n) is 19.1. The van der Waals surface area contributed by atoms with Crippen LogP contribution < -0.4 is 9.64 Å². The molecule has 32 heavy (non-hydrogen) atoms. The number of likely N-dealkylation sites (N-methyl/N-ethyl adjacent to an activating group) is 1. The Balaban J connectivity index is 1.72. The van der Waals surface area contributed by atoms with Crippen LogP contribution in [0.3, 0.4) is 0 Å². The number of nitrogens with zero attached hydrogens (tertiary/aromatic N) is 3. The first-order valence-electron chi connectivity index (χ1n) is 11.4. The standard InChI is InChI=1S/C26H31N3O3/c1-4-18-32-22-12-8-20(9-13-22)23-24(28-16-14-27(3)15-17-28)26(31)29(25(23)30)21-10-6-19(5-2)7-11-21/h6-13H,4-5,14-18H2,1-3H3. The van der Waals surface area contributed by atoms with Gasteiger partial charge in [-0.05, 0) is 55.3 Å². The number of hydrogen-bond donors (Lipinski definition) is 0. The quantitative estimate of drug-likeness (QED) is 0.625. The van der Waals surface area contributed by atoms with Crippen LogP contribution in [0.2, 0.25) is 0 Å². The smallest absolute Gasteiger partial charge is 0.282 e. The molecule has 0 N–H and O–H groups in total. The van der Waals surface area contributed by atoms with E-state index in [0.29, 0.717) is 36.7 Å². The van der Waals surface area contributed by atoms with E-state index in [1.807, 2.05) is 48.5 Å². The number of ether oxygens (including phenoxy) is 1. The number of benzene rings is 2. The van der Waals surface area contributed by atoms with Gasteiger partial charge in [-0.15, -0.1) is 0 Å². The number of aryl methyl sites for hydroxylation is 1. The molecule has 0 radical (unpaired) electrons. The van der Waals surface area contributed by atoms with Gasteiger partial charge in [0.2, 0.25) is 0 Å². The van der Waals surface area contributed by atoms with Crippen molar-refractivity contribution < 1.29 is 14.3 Å². The summed E-state index contributed by atoms with van der Waals surface area (Å²) in [5.74, 6) is 0.252. The molecule has 0 unspecified atom stereocenters. The number of anilines is 1. The van der Waals surface area contributed by atoms with Crippen molar-refractivity contribution in [3.63, 3.8) is 0 Å². The number of rotatable bonds is 7. The summed E-state index contributed by atoms with van der Waals surface area (Å²) in [5.41, 5.74) is 3.50. The normalized spacial score (nSPS) is 17.5. The van der Waals surface area contributed by atoms with Gasteiger partial charge in [-0.2, -0.15) is 0 Å². The Kier molecular flexibility index (Phi) is 6.61. The van der Waals surface area contributed by atoms with Gasteiger partial charge in [0, 0.05) is 26.2 Å². The summed E-state index contributed by atoms with van der Waals surface area (Å²) in [6.45, 7) is 7.93. The first-order valence-corrected chi connectivity index (χ1v) is 11.4. The highest BCUT2D eigenvalue weighted by Gasteiger charge is 2.42. The first kappa shape index (κ1) is 22.1. The van der Waals surface area contributed by atoms with E-state index in [1.54, 1.807) is 0 Å². The van der Waals surface area contributed by atoms with E-state index >= 15 is 0 Å². The fourth-order valence-electron chi connectivity index (χ4n) is 4.15. The van der Waals surface area contributed by atoms with E-state index in [2.05, 4.69) is 30.7 Å². The number of amides is 2. The molecular weight excluding hydrogens is 402 g/mol. The average molecular weight is 434 g/mol. The van der Waals surface area contributed by atoms with Gasteiger partial charge < -0.3 is 14.5 Å². The fraction of sp³-hybridized carbons (Fsp3) is 0.385. The van der Waals surface area contributed by atoms with Crippen molar-refractivity contribution in [2.75, 3.05) is 44.7 Å². The second-order valence-electron chi connectivity index (χ2n) is 8.35. The minimum absolute atomic E-state index is 0.245. The first-order chi connectivity index (χ1) is 15.5. The number of carbonyl (C=O) groups is 2. The molecule has 0 aromatic heterocycles. The van der Waals surface area contributed by atoms with Gasteiger partial charge in [-0.1, -0.05) is 38.1 Å². The molecule has 1 saturated heterocycles. The Hall–Kier alpha value is -3.12. The monoisotopic (exact) mass is 433 g/mol. The number of imide groups is 1. The average Bonchev–Trinajstić information content (AvgIpc) is 3.08. The van der Waals surface area contributed by atoms with E-state index in [-0.39, 0.29) is 11.8 Å². The molecule has 0 aliphatic carbocycles. The van der Waals surface area contributed by atoms with Gasteiger partial charge in [0.1, 0.15) is 11.4 Å². The Morgan fingerprint density at radius 2 is 1.50 bits per heavy atom. The molecule has 2 amide bonds. The fourth-order valence-corrected chi connectivity index (χ4v) is 4.15. The highest BCUT2D eigenvalue weighted by molar-refractivity contribution is 6.45. The van der Waals surface area contributed by atoms with E-state index in [9.17, 15) is 9.59 Å². The van der Waals surface area contributed by atoms with Crippen LogP contribution in [0.1, 0.15) is 31.4 Å². The van der Waals surface area contributed by atoms with Crippen LogP contribution in [-0.4, -0.2) is 61.4 Å². The number of hydrogen-bond acceptors (Lipinski definition) is 5. The molecule has 2 aliphatic heterocycles. The third-order valence-corrected chi connectivity index (χ3v) is 6.10. The summed E-state index contributed by atoms with van der Waals surface area (Å²) < 4.78 is 5.69. The van der Waals surface area contributed by atoms with Gasteiger partial charge in [0.25, 0.3) is 11.8 Å². The molecule has 0 atom stereocenters. The number of carbonyl (C=O) groups excluding carboxylic acids is 2. The molecule has 4 rings (SSSR count). The molecular formula is C26H31N3O3. The molecule has 2 aromatic carbocycles. The van der Waals surface area contributed by atoms with Crippen molar-refractivity contribution >= 4 is 23.1 Å². The van der Waals surface area contributed by atoms with Crippen molar-refractivity contribution in [3.8, 4) is 5.75 Å². The topological polar surface area (TPSA) is 53.1 Å². The predicted molar refractivity (Wildman–Crippen MR) is 127 cm³/mol. The minimum Gasteiger partial charge on any atom is -0.494 e. The van der Waals surface area contributed by atoms with Crippen molar-refractivity contribution in [2.45, 2.75) is 26.7 Å². The lowest BCUT2D eigenvalue weighted by Crippen LogP contribution is -2.46. The zero-order chi connectivity index (χ0) is 22.7. The number of piperazine rings is 1. The maximum atomic E-state index is 13.6. The summed E-state index contributed by atoms with van der Waals surface area (Å²) in [5, 5.41) is 0. The molecule has 6 nitrogen and oxygen atoms in total. The molecule has 2 aromatic rings. The molecule has 6 heteroatoms. The minimum atomic E-state index is -0.268. The van der Waals surface area contributed by atoms with Crippen molar-refractivity contribution in [1.29, 1.82) is 0 Å². The second kappa shape index (κ2) is 9.57. The molecule has 1 fully saturated rings. The lowest BCUT2D eigenvalue weighted by atomic mass is 10.0. The molecule has 2 heterocycles. The Morgan fingerprint density at radius 1 is 0.844 bits per heavy atom. The summed E-state index contributed by atoms with van der Waals surface area (Å²) in [7, 11) is 2.07. The summed E-state index contributed by atoms with van der Waals surface area (Å²) in [6, 6.07) is 15.2. The highest BCUT2D eigenvalue weighted by Crippen LogP contribution is 2.35. The third-order valence-electron chi connectivity index (χ3n) is 6.10. The van der Waals surface area contributed by atoms with E-state index in [0.717, 1.165) is 37.2 Å². The van der Waals surface area contributed by atoms with Crippen molar-refractivity contribution in [3.05, 3.63) is 65.4 Å². The van der Waals surface area contributed by atoms with Crippen molar-refractivity contribution in [1.82, 2.24) is 9.80 Å². The van der Waals surface area contributed by atoms with Gasteiger partial charge in [0.05, 0.1) is 17.9 Å². The van der Waals surface area contributed by atoms with Gasteiger partial charge in [-0.25, -0.2) is 4.90 Å². The Bertz CT molecular complexity index is 1000. The molecule has 0 spiro atoms. The maximum absolute atomic E-state index is 13.6. The van der Waals surface area contributed by atoms with Gasteiger partial charge in [0.15, 0.2) is 0 Å². The third kappa shape index (κ3) is 4.28. The summed E-state index contributed by atoms with van der Waals surface area (Å²) >= 11 is 0. The van der Waals surface area contributed by atoms with Crippen LogP contribution in [0.4, 0.5) is 5.69 Å². The van der Waals surface area contributed by atoms with Gasteiger partial charge in [-0.3, -0.25) is 9.59 Å². The van der Waals surface area contributed by atoms with E-state index in [1.165, 1.54) is 10.5 Å². The summed E-state index contributed by atoms with van der Waals surface area (Å²) in [6.07, 6.45) is 1.84. The summed E-state index contributed by atoms with van der Waals surface area (Å²) in [4.78, 5) is 32.9. The molecule has 2 aliphatic rings. The lowest BCUT2D eigenvalue weighted by molar-refractivity contribution is -0.120. The van der Waals surface area contributed by atoms with E-state index < -0.39 is 0 Å². The van der Waals surface area contributed by atoms with Crippen LogP contribution >= 0.6 is 0 Å². The predicted octanol–water partition coefficient (Wildman–Crippen LogP) is 3.57. The maximum Gasteiger partial charge on any atom is 0.282 e.